The van der Waals surface area contributed by atoms with Crippen molar-refractivity contribution < 1.29 is 23.9 Å². The number of hydrogen-bond acceptors (Lipinski definition) is 7. The van der Waals surface area contributed by atoms with Gasteiger partial charge in [0.05, 0.1) is 16.6 Å². The van der Waals surface area contributed by atoms with Crippen LogP contribution in [0.15, 0.2) is 47.1 Å². The number of nitrogens with zero attached hydrogens (tertiary/aromatic N) is 2. The fourth-order valence-electron chi connectivity index (χ4n) is 2.62. The zero-order valence-electron chi connectivity index (χ0n) is 15.7. The minimum atomic E-state index is -0.532. The summed E-state index contributed by atoms with van der Waals surface area (Å²) in [5.74, 6) is 0.485. The molecular weight excluding hydrogens is 400 g/mol. The third-order valence-corrected chi connectivity index (χ3v) is 4.17. The topological polar surface area (TPSA) is 100 Å². The molecule has 0 spiro atoms. The van der Waals surface area contributed by atoms with Crippen LogP contribution in [-0.4, -0.2) is 23.4 Å². The summed E-state index contributed by atoms with van der Waals surface area (Å²) in [6, 6.07) is 9.33. The van der Waals surface area contributed by atoms with Gasteiger partial charge in [-0.05, 0) is 48.4 Å². The predicted molar refractivity (Wildman–Crippen MR) is 107 cm³/mol. The molecule has 2 aromatic carbocycles. The van der Waals surface area contributed by atoms with E-state index in [-0.39, 0.29) is 28.9 Å². The van der Waals surface area contributed by atoms with E-state index in [1.54, 1.807) is 37.3 Å². The molecule has 2 aromatic rings. The van der Waals surface area contributed by atoms with Crippen LogP contribution in [0.4, 0.5) is 5.69 Å². The standard InChI is InChI=1S/C20H17ClN2O6/c1-3-27-18-10-14(9-17-20(24)29-12(2)22-17)8-16(21)19(18)28-11-13-4-6-15(7-5-13)23(25)26/h4-10H,3,11H2,1-2H3/b17-9-. The highest BCUT2D eigenvalue weighted by Crippen LogP contribution is 2.38. The number of rotatable bonds is 7. The van der Waals surface area contributed by atoms with Crippen LogP contribution in [-0.2, 0) is 16.1 Å². The van der Waals surface area contributed by atoms with Crippen molar-refractivity contribution in [1.29, 1.82) is 0 Å². The summed E-state index contributed by atoms with van der Waals surface area (Å²) in [6.07, 6.45) is 1.55. The third-order valence-electron chi connectivity index (χ3n) is 3.89. The molecule has 1 aliphatic rings. The van der Waals surface area contributed by atoms with Crippen molar-refractivity contribution in [3.8, 4) is 11.5 Å². The van der Waals surface area contributed by atoms with Crippen LogP contribution in [0, 0.1) is 10.1 Å². The zero-order valence-corrected chi connectivity index (χ0v) is 16.4. The van der Waals surface area contributed by atoms with Gasteiger partial charge >= 0.3 is 5.97 Å². The molecule has 0 aromatic heterocycles. The van der Waals surface area contributed by atoms with Gasteiger partial charge in [0, 0.05) is 19.1 Å². The maximum absolute atomic E-state index is 11.7. The third kappa shape index (κ3) is 4.91. The lowest BCUT2D eigenvalue weighted by Gasteiger charge is -2.14. The molecule has 0 radical (unpaired) electrons. The van der Waals surface area contributed by atoms with Gasteiger partial charge in [-0.25, -0.2) is 9.79 Å². The average molecular weight is 417 g/mol. The summed E-state index contributed by atoms with van der Waals surface area (Å²) in [5, 5.41) is 11.0. The van der Waals surface area contributed by atoms with Crippen LogP contribution in [0.25, 0.3) is 6.08 Å². The first-order chi connectivity index (χ1) is 13.9. The Morgan fingerprint density at radius 1 is 1.24 bits per heavy atom. The van der Waals surface area contributed by atoms with Crippen molar-refractivity contribution in [2.45, 2.75) is 20.5 Å². The van der Waals surface area contributed by atoms with Gasteiger partial charge in [-0.15, -0.1) is 0 Å². The lowest BCUT2D eigenvalue weighted by atomic mass is 10.1. The Morgan fingerprint density at radius 3 is 2.55 bits per heavy atom. The first-order valence-corrected chi connectivity index (χ1v) is 9.06. The molecule has 0 saturated heterocycles. The minimum absolute atomic E-state index is 0.00233. The van der Waals surface area contributed by atoms with Crippen LogP contribution in [0.2, 0.25) is 5.02 Å². The van der Waals surface area contributed by atoms with E-state index in [4.69, 9.17) is 25.8 Å². The second-order valence-electron chi connectivity index (χ2n) is 6.03. The number of nitro groups is 1. The van der Waals surface area contributed by atoms with Crippen molar-refractivity contribution in [2.24, 2.45) is 4.99 Å². The maximum atomic E-state index is 11.7. The second kappa shape index (κ2) is 8.74. The first-order valence-electron chi connectivity index (χ1n) is 8.69. The van der Waals surface area contributed by atoms with Gasteiger partial charge in [0.25, 0.3) is 5.69 Å². The van der Waals surface area contributed by atoms with E-state index in [0.717, 1.165) is 5.56 Å². The number of non-ortho nitro benzene ring substituents is 1. The summed E-state index contributed by atoms with van der Waals surface area (Å²) in [6.45, 7) is 3.94. The van der Waals surface area contributed by atoms with Crippen molar-refractivity contribution in [3.63, 3.8) is 0 Å². The predicted octanol–water partition coefficient (Wildman–Crippen LogP) is 4.54. The highest BCUT2D eigenvalue weighted by molar-refractivity contribution is 6.32. The molecule has 0 bridgehead atoms. The van der Waals surface area contributed by atoms with Crippen LogP contribution >= 0.6 is 11.6 Å². The molecule has 0 atom stereocenters. The highest BCUT2D eigenvalue weighted by atomic mass is 35.5. The Kier molecular flexibility index (Phi) is 6.13. The number of benzene rings is 2. The molecule has 0 fully saturated rings. The molecule has 0 saturated carbocycles. The van der Waals surface area contributed by atoms with Gasteiger partial charge in [0.1, 0.15) is 6.61 Å². The largest absolute Gasteiger partial charge is 0.490 e. The van der Waals surface area contributed by atoms with Crippen LogP contribution < -0.4 is 9.47 Å². The monoisotopic (exact) mass is 416 g/mol. The number of hydrogen-bond donors (Lipinski definition) is 0. The summed E-state index contributed by atoms with van der Waals surface area (Å²) >= 11 is 6.38. The smallest absolute Gasteiger partial charge is 0.363 e. The lowest BCUT2D eigenvalue weighted by molar-refractivity contribution is -0.384. The van der Waals surface area contributed by atoms with E-state index in [1.807, 2.05) is 6.92 Å². The molecule has 0 amide bonds. The van der Waals surface area contributed by atoms with Gasteiger partial charge in [-0.2, -0.15) is 0 Å². The van der Waals surface area contributed by atoms with Crippen LogP contribution in [0.3, 0.4) is 0 Å². The van der Waals surface area contributed by atoms with E-state index in [1.165, 1.54) is 12.1 Å². The van der Waals surface area contributed by atoms with E-state index in [0.29, 0.717) is 23.7 Å². The number of halogens is 1. The molecule has 1 aliphatic heterocycles. The Balaban J connectivity index is 1.84. The summed E-state index contributed by atoms with van der Waals surface area (Å²) in [4.78, 5) is 26.1. The fraction of sp³-hybridized carbons (Fsp3) is 0.200. The van der Waals surface area contributed by atoms with Crippen molar-refractivity contribution in [2.75, 3.05) is 6.61 Å². The van der Waals surface area contributed by atoms with Crippen molar-refractivity contribution in [3.05, 3.63) is 68.4 Å². The Bertz CT molecular complexity index is 1010. The molecule has 0 aliphatic carbocycles. The lowest BCUT2D eigenvalue weighted by Crippen LogP contribution is -2.02. The number of aliphatic imine (C=N–C) groups is 1. The highest BCUT2D eigenvalue weighted by Gasteiger charge is 2.20. The number of nitro benzene ring substituents is 1. The molecule has 0 unspecified atom stereocenters. The van der Waals surface area contributed by atoms with Gasteiger partial charge in [-0.1, -0.05) is 11.6 Å². The Hall–Kier alpha value is -3.39. The number of cyclic esters (lactones) is 1. The number of carbonyl (C=O) groups is 1. The Morgan fingerprint density at radius 2 is 1.97 bits per heavy atom. The molecule has 8 nitrogen and oxygen atoms in total. The quantitative estimate of drug-likeness (QED) is 0.284. The normalized spacial score (nSPS) is 14.5. The van der Waals surface area contributed by atoms with Crippen LogP contribution in [0.1, 0.15) is 25.0 Å². The molecule has 150 valence electrons. The number of carbonyl (C=O) groups excluding carboxylic acids is 1. The van der Waals surface area contributed by atoms with E-state index in [2.05, 4.69) is 4.99 Å². The first kappa shape index (κ1) is 20.3. The number of esters is 1. The van der Waals surface area contributed by atoms with Gasteiger partial charge in [0.2, 0.25) is 0 Å². The molecular formula is C20H17ClN2O6. The molecule has 29 heavy (non-hydrogen) atoms. The van der Waals surface area contributed by atoms with Gasteiger partial charge in [-0.3, -0.25) is 10.1 Å². The minimum Gasteiger partial charge on any atom is -0.490 e. The fourth-order valence-corrected chi connectivity index (χ4v) is 2.89. The maximum Gasteiger partial charge on any atom is 0.363 e. The summed E-state index contributed by atoms with van der Waals surface area (Å²) < 4.78 is 16.3. The van der Waals surface area contributed by atoms with E-state index < -0.39 is 10.9 Å². The summed E-state index contributed by atoms with van der Waals surface area (Å²) in [7, 11) is 0. The average Bonchev–Trinajstić information content (AvgIpc) is 2.98. The number of ether oxygens (including phenoxy) is 3. The van der Waals surface area contributed by atoms with Gasteiger partial charge < -0.3 is 14.2 Å². The molecule has 0 N–H and O–H groups in total. The molecule has 1 heterocycles. The molecule has 3 rings (SSSR count). The molecule has 9 heteroatoms. The Labute approximate surface area is 171 Å². The SMILES string of the molecule is CCOc1cc(/C=C2\N=C(C)OC2=O)cc(Cl)c1OCc1ccc([N+](=O)[O-])cc1. The summed E-state index contributed by atoms with van der Waals surface area (Å²) in [5.41, 5.74) is 1.51. The second-order valence-corrected chi connectivity index (χ2v) is 6.43. The van der Waals surface area contributed by atoms with Crippen molar-refractivity contribution >= 4 is 35.2 Å². The zero-order chi connectivity index (χ0) is 21.0. The van der Waals surface area contributed by atoms with Crippen LogP contribution in [0.5, 0.6) is 11.5 Å². The van der Waals surface area contributed by atoms with E-state index >= 15 is 0 Å². The van der Waals surface area contributed by atoms with Gasteiger partial charge in [0.15, 0.2) is 23.1 Å². The van der Waals surface area contributed by atoms with E-state index in [9.17, 15) is 14.9 Å². The van der Waals surface area contributed by atoms with Crippen molar-refractivity contribution in [1.82, 2.24) is 0 Å².